The summed E-state index contributed by atoms with van der Waals surface area (Å²) in [6.07, 6.45) is 4.19. The number of para-hydroxylation sites is 1. The number of carbonyl (C=O) groups is 1. The van der Waals surface area contributed by atoms with E-state index < -0.39 is 0 Å². The van der Waals surface area contributed by atoms with Crippen molar-refractivity contribution in [2.45, 2.75) is 19.8 Å². The van der Waals surface area contributed by atoms with Crippen molar-refractivity contribution in [3.05, 3.63) is 66.7 Å². The molecule has 1 amide bonds. The minimum Gasteiger partial charge on any atom is -0.493 e. The Morgan fingerprint density at radius 2 is 1.96 bits per heavy atom. The number of nitrogens with zero attached hydrogens (tertiary/aromatic N) is 3. The summed E-state index contributed by atoms with van der Waals surface area (Å²) in [5.41, 5.74) is 2.75. The number of hydrogen-bond donors (Lipinski definition) is 1. The summed E-state index contributed by atoms with van der Waals surface area (Å²) in [5, 5.41) is 6.95. The first-order chi connectivity index (χ1) is 12.2. The van der Waals surface area contributed by atoms with E-state index in [1.54, 1.807) is 11.0 Å². The number of aromatic nitrogens is 3. The van der Waals surface area contributed by atoms with Crippen LogP contribution < -0.4 is 10.1 Å². The van der Waals surface area contributed by atoms with E-state index in [1.165, 1.54) is 6.33 Å². The summed E-state index contributed by atoms with van der Waals surface area (Å²) in [5.74, 6) is 0.841. The van der Waals surface area contributed by atoms with Crippen LogP contribution in [0.25, 0.3) is 5.69 Å². The van der Waals surface area contributed by atoms with E-state index in [0.29, 0.717) is 19.4 Å². The Morgan fingerprint density at radius 3 is 2.68 bits per heavy atom. The standard InChI is InChI=1S/C19H20N4O2/c1-15-5-2-3-6-18(15)25-12-4-7-19(24)22-16-8-10-17(11-9-16)23-14-20-13-21-23/h2-3,5-6,8-11,13-14H,4,7,12H2,1H3,(H,22,24). The van der Waals surface area contributed by atoms with Gasteiger partial charge in [0.2, 0.25) is 5.91 Å². The topological polar surface area (TPSA) is 69.0 Å². The Kier molecular flexibility index (Phi) is 5.41. The third-order valence-corrected chi connectivity index (χ3v) is 3.73. The van der Waals surface area contributed by atoms with Crippen molar-refractivity contribution >= 4 is 11.6 Å². The number of rotatable bonds is 7. The quantitative estimate of drug-likeness (QED) is 0.672. The van der Waals surface area contributed by atoms with E-state index in [9.17, 15) is 4.79 Å². The van der Waals surface area contributed by atoms with Crippen LogP contribution in [0.5, 0.6) is 5.75 Å². The largest absolute Gasteiger partial charge is 0.493 e. The molecule has 25 heavy (non-hydrogen) atoms. The molecule has 0 fully saturated rings. The number of anilines is 1. The van der Waals surface area contributed by atoms with Crippen LogP contribution in [0.1, 0.15) is 18.4 Å². The second-order valence-electron chi connectivity index (χ2n) is 5.65. The molecule has 3 aromatic rings. The van der Waals surface area contributed by atoms with Gasteiger partial charge in [0, 0.05) is 12.1 Å². The van der Waals surface area contributed by atoms with Gasteiger partial charge >= 0.3 is 0 Å². The van der Waals surface area contributed by atoms with E-state index >= 15 is 0 Å². The van der Waals surface area contributed by atoms with Gasteiger partial charge in [-0.1, -0.05) is 18.2 Å². The van der Waals surface area contributed by atoms with Crippen LogP contribution >= 0.6 is 0 Å². The van der Waals surface area contributed by atoms with Crippen molar-refractivity contribution in [2.24, 2.45) is 0 Å². The summed E-state index contributed by atoms with van der Waals surface area (Å²) in [7, 11) is 0. The van der Waals surface area contributed by atoms with Crippen LogP contribution in [0.4, 0.5) is 5.69 Å². The van der Waals surface area contributed by atoms with Crippen molar-refractivity contribution < 1.29 is 9.53 Å². The molecule has 1 heterocycles. The van der Waals surface area contributed by atoms with Gasteiger partial charge in [-0.05, 0) is 49.2 Å². The van der Waals surface area contributed by atoms with E-state index in [0.717, 1.165) is 22.7 Å². The molecule has 0 aliphatic carbocycles. The molecule has 6 nitrogen and oxygen atoms in total. The smallest absolute Gasteiger partial charge is 0.224 e. The second kappa shape index (κ2) is 8.10. The van der Waals surface area contributed by atoms with Gasteiger partial charge < -0.3 is 10.1 Å². The number of hydrogen-bond acceptors (Lipinski definition) is 4. The number of ether oxygens (including phenoxy) is 1. The molecular formula is C19H20N4O2. The molecule has 6 heteroatoms. The summed E-state index contributed by atoms with van der Waals surface area (Å²) in [4.78, 5) is 15.9. The first-order valence-electron chi connectivity index (χ1n) is 8.16. The number of amides is 1. The zero-order chi connectivity index (χ0) is 17.5. The highest BCUT2D eigenvalue weighted by Crippen LogP contribution is 2.16. The number of benzene rings is 2. The molecule has 2 aromatic carbocycles. The molecule has 0 saturated carbocycles. The van der Waals surface area contributed by atoms with E-state index in [4.69, 9.17) is 4.74 Å². The maximum Gasteiger partial charge on any atom is 0.224 e. The molecule has 0 bridgehead atoms. The highest BCUT2D eigenvalue weighted by atomic mass is 16.5. The van der Waals surface area contributed by atoms with E-state index in [2.05, 4.69) is 15.4 Å². The van der Waals surface area contributed by atoms with Gasteiger partial charge in [-0.3, -0.25) is 4.79 Å². The maximum absolute atomic E-state index is 12.0. The highest BCUT2D eigenvalue weighted by molar-refractivity contribution is 5.90. The summed E-state index contributed by atoms with van der Waals surface area (Å²) >= 11 is 0. The van der Waals surface area contributed by atoms with Gasteiger partial charge in [0.1, 0.15) is 18.4 Å². The molecule has 128 valence electrons. The Balaban J connectivity index is 1.42. The minimum absolute atomic E-state index is 0.0260. The van der Waals surface area contributed by atoms with Gasteiger partial charge in [0.25, 0.3) is 0 Å². The fraction of sp³-hybridized carbons (Fsp3) is 0.211. The average molecular weight is 336 g/mol. The van der Waals surface area contributed by atoms with Crippen molar-refractivity contribution in [1.29, 1.82) is 0 Å². The molecule has 1 aromatic heterocycles. The molecule has 0 spiro atoms. The predicted octanol–water partition coefficient (Wildman–Crippen LogP) is 3.37. The number of carbonyl (C=O) groups excluding carboxylic acids is 1. The van der Waals surface area contributed by atoms with Crippen LogP contribution in [0.2, 0.25) is 0 Å². The monoisotopic (exact) mass is 336 g/mol. The highest BCUT2D eigenvalue weighted by Gasteiger charge is 2.04. The van der Waals surface area contributed by atoms with Gasteiger partial charge in [0.05, 0.1) is 12.3 Å². The number of aryl methyl sites for hydroxylation is 1. The maximum atomic E-state index is 12.0. The SMILES string of the molecule is Cc1ccccc1OCCCC(=O)Nc1ccc(-n2cncn2)cc1. The van der Waals surface area contributed by atoms with Gasteiger partial charge in [-0.15, -0.1) is 0 Å². The Morgan fingerprint density at radius 1 is 1.16 bits per heavy atom. The molecule has 0 saturated heterocycles. The summed E-state index contributed by atoms with van der Waals surface area (Å²) < 4.78 is 7.36. The third kappa shape index (κ3) is 4.67. The average Bonchev–Trinajstić information content (AvgIpc) is 3.15. The Bertz CT molecular complexity index is 814. The van der Waals surface area contributed by atoms with E-state index in [-0.39, 0.29) is 5.91 Å². The van der Waals surface area contributed by atoms with Crippen molar-refractivity contribution in [3.8, 4) is 11.4 Å². The molecule has 0 unspecified atom stereocenters. The van der Waals surface area contributed by atoms with Gasteiger partial charge in [-0.25, -0.2) is 9.67 Å². The Labute approximate surface area is 146 Å². The van der Waals surface area contributed by atoms with Crippen molar-refractivity contribution in [1.82, 2.24) is 14.8 Å². The molecule has 3 rings (SSSR count). The molecule has 1 N–H and O–H groups in total. The minimum atomic E-state index is -0.0260. The lowest BCUT2D eigenvalue weighted by Gasteiger charge is -2.09. The van der Waals surface area contributed by atoms with Crippen molar-refractivity contribution in [2.75, 3.05) is 11.9 Å². The summed E-state index contributed by atoms with van der Waals surface area (Å²) in [6, 6.07) is 15.3. The lowest BCUT2D eigenvalue weighted by molar-refractivity contribution is -0.116. The molecular weight excluding hydrogens is 316 g/mol. The lowest BCUT2D eigenvalue weighted by atomic mass is 10.2. The van der Waals surface area contributed by atoms with Gasteiger partial charge in [-0.2, -0.15) is 5.10 Å². The van der Waals surface area contributed by atoms with Gasteiger partial charge in [0.15, 0.2) is 0 Å². The van der Waals surface area contributed by atoms with E-state index in [1.807, 2.05) is 55.5 Å². The Hall–Kier alpha value is -3.15. The number of nitrogens with one attached hydrogen (secondary N) is 1. The molecule has 0 radical (unpaired) electrons. The van der Waals surface area contributed by atoms with Crippen LogP contribution in [0, 0.1) is 6.92 Å². The first kappa shape index (κ1) is 16.7. The normalized spacial score (nSPS) is 10.4. The van der Waals surface area contributed by atoms with Crippen LogP contribution in [-0.2, 0) is 4.79 Å². The lowest BCUT2D eigenvalue weighted by Crippen LogP contribution is -2.13. The van der Waals surface area contributed by atoms with Crippen LogP contribution in [0.15, 0.2) is 61.2 Å². The first-order valence-corrected chi connectivity index (χ1v) is 8.16. The molecule has 0 atom stereocenters. The predicted molar refractivity (Wildman–Crippen MR) is 95.9 cm³/mol. The fourth-order valence-corrected chi connectivity index (χ4v) is 2.40. The second-order valence-corrected chi connectivity index (χ2v) is 5.65. The third-order valence-electron chi connectivity index (χ3n) is 3.73. The fourth-order valence-electron chi connectivity index (χ4n) is 2.40. The molecule has 0 aliphatic rings. The zero-order valence-corrected chi connectivity index (χ0v) is 14.1. The van der Waals surface area contributed by atoms with Crippen LogP contribution in [-0.4, -0.2) is 27.3 Å². The summed E-state index contributed by atoms with van der Waals surface area (Å²) in [6.45, 7) is 2.52. The molecule has 0 aliphatic heterocycles. The van der Waals surface area contributed by atoms with Crippen molar-refractivity contribution in [3.63, 3.8) is 0 Å². The zero-order valence-electron chi connectivity index (χ0n) is 14.1. The van der Waals surface area contributed by atoms with Crippen LogP contribution in [0.3, 0.4) is 0 Å².